The van der Waals surface area contributed by atoms with E-state index in [1.165, 1.54) is 12.1 Å². The molecule has 0 aliphatic heterocycles. The van der Waals surface area contributed by atoms with Crippen LogP contribution in [-0.2, 0) is 14.3 Å². The summed E-state index contributed by atoms with van der Waals surface area (Å²) in [5, 5.41) is 19.0. The standard InChI is InChI=1S/C16H18O7/c1-4-11(16(21)23-12(17)5-2)22-15(20)10-8-6-7-9(3)13(10)14(18)19/h5-8,11,16,21H,2,4H2,1,3H3,(H,18,19). The monoisotopic (exact) mass is 322 g/mol. The Morgan fingerprint density at radius 1 is 1.30 bits per heavy atom. The van der Waals surface area contributed by atoms with Crippen molar-refractivity contribution in [3.63, 3.8) is 0 Å². The van der Waals surface area contributed by atoms with Crippen LogP contribution in [0.25, 0.3) is 0 Å². The number of carboxylic acid groups (broad SMARTS) is 1. The first-order valence-electron chi connectivity index (χ1n) is 6.86. The van der Waals surface area contributed by atoms with Crippen LogP contribution in [0, 0.1) is 6.92 Å². The van der Waals surface area contributed by atoms with E-state index < -0.39 is 30.3 Å². The molecule has 0 heterocycles. The van der Waals surface area contributed by atoms with Crippen LogP contribution in [0.15, 0.2) is 30.9 Å². The number of carboxylic acids is 1. The molecule has 7 nitrogen and oxygen atoms in total. The summed E-state index contributed by atoms with van der Waals surface area (Å²) in [7, 11) is 0. The minimum absolute atomic E-state index is 0.141. The van der Waals surface area contributed by atoms with Crippen molar-refractivity contribution in [2.45, 2.75) is 32.7 Å². The molecule has 0 aliphatic rings. The number of ether oxygens (including phenoxy) is 2. The predicted molar refractivity (Wildman–Crippen MR) is 79.9 cm³/mol. The zero-order valence-corrected chi connectivity index (χ0v) is 12.8. The number of aliphatic hydroxyl groups excluding tert-OH is 1. The quantitative estimate of drug-likeness (QED) is 0.446. The Bertz CT molecular complexity index is 621. The van der Waals surface area contributed by atoms with Gasteiger partial charge in [-0.05, 0) is 25.0 Å². The molecule has 2 N–H and O–H groups in total. The second-order valence-corrected chi connectivity index (χ2v) is 4.69. The van der Waals surface area contributed by atoms with Gasteiger partial charge in [-0.25, -0.2) is 14.4 Å². The second kappa shape index (κ2) is 8.09. The molecule has 0 aliphatic carbocycles. The number of esters is 2. The molecule has 2 atom stereocenters. The minimum Gasteiger partial charge on any atom is -0.478 e. The van der Waals surface area contributed by atoms with Gasteiger partial charge in [0.15, 0.2) is 6.10 Å². The van der Waals surface area contributed by atoms with Gasteiger partial charge in [0.2, 0.25) is 6.29 Å². The number of carbonyl (C=O) groups excluding carboxylic acids is 2. The summed E-state index contributed by atoms with van der Waals surface area (Å²) >= 11 is 0. The van der Waals surface area contributed by atoms with Gasteiger partial charge in [-0.1, -0.05) is 25.6 Å². The van der Waals surface area contributed by atoms with Gasteiger partial charge >= 0.3 is 17.9 Å². The molecule has 1 aromatic rings. The van der Waals surface area contributed by atoms with Crippen LogP contribution < -0.4 is 0 Å². The molecule has 0 radical (unpaired) electrons. The second-order valence-electron chi connectivity index (χ2n) is 4.69. The SMILES string of the molecule is C=CC(=O)OC(O)C(CC)OC(=O)c1cccc(C)c1C(=O)O. The fourth-order valence-electron chi connectivity index (χ4n) is 1.91. The average molecular weight is 322 g/mol. The van der Waals surface area contributed by atoms with Gasteiger partial charge in [0.25, 0.3) is 0 Å². The van der Waals surface area contributed by atoms with Gasteiger partial charge < -0.3 is 19.7 Å². The van der Waals surface area contributed by atoms with Gasteiger partial charge in [-0.3, -0.25) is 0 Å². The summed E-state index contributed by atoms with van der Waals surface area (Å²) in [5.41, 5.74) is 0.0850. The Hall–Kier alpha value is -2.67. The van der Waals surface area contributed by atoms with E-state index in [1.807, 2.05) is 0 Å². The molecular weight excluding hydrogens is 304 g/mol. The first-order valence-corrected chi connectivity index (χ1v) is 6.86. The first kappa shape index (κ1) is 18.4. The maximum atomic E-state index is 12.2. The van der Waals surface area contributed by atoms with Crippen molar-refractivity contribution in [1.29, 1.82) is 0 Å². The Kier molecular flexibility index (Phi) is 6.47. The maximum Gasteiger partial charge on any atom is 0.339 e. The van der Waals surface area contributed by atoms with Crippen LogP contribution in [0.5, 0.6) is 0 Å². The molecular formula is C16H18O7. The largest absolute Gasteiger partial charge is 0.478 e. The van der Waals surface area contributed by atoms with Crippen molar-refractivity contribution >= 4 is 17.9 Å². The van der Waals surface area contributed by atoms with Crippen molar-refractivity contribution in [2.75, 3.05) is 0 Å². The summed E-state index contributed by atoms with van der Waals surface area (Å²) < 4.78 is 9.67. The van der Waals surface area contributed by atoms with Crippen LogP contribution in [0.1, 0.15) is 39.6 Å². The molecule has 0 amide bonds. The van der Waals surface area contributed by atoms with E-state index in [-0.39, 0.29) is 17.5 Å². The van der Waals surface area contributed by atoms with Gasteiger partial charge in [-0.15, -0.1) is 0 Å². The highest BCUT2D eigenvalue weighted by atomic mass is 16.7. The van der Waals surface area contributed by atoms with Crippen LogP contribution in [0.2, 0.25) is 0 Å². The first-order chi connectivity index (χ1) is 10.8. The molecule has 0 spiro atoms. The van der Waals surface area contributed by atoms with Crippen molar-refractivity contribution in [2.24, 2.45) is 0 Å². The highest BCUT2D eigenvalue weighted by Gasteiger charge is 2.27. The van der Waals surface area contributed by atoms with Crippen molar-refractivity contribution in [3.05, 3.63) is 47.5 Å². The van der Waals surface area contributed by atoms with Gasteiger partial charge in [0, 0.05) is 6.08 Å². The van der Waals surface area contributed by atoms with Crippen molar-refractivity contribution < 1.29 is 34.1 Å². The smallest absolute Gasteiger partial charge is 0.339 e. The summed E-state index contributed by atoms with van der Waals surface area (Å²) in [6.07, 6.45) is -1.78. The Balaban J connectivity index is 2.97. The molecule has 1 rings (SSSR count). The lowest BCUT2D eigenvalue weighted by Gasteiger charge is -2.21. The molecule has 23 heavy (non-hydrogen) atoms. The number of aliphatic hydroxyl groups is 1. The van der Waals surface area contributed by atoms with E-state index in [0.717, 1.165) is 6.08 Å². The molecule has 7 heteroatoms. The number of carbonyl (C=O) groups is 3. The van der Waals surface area contributed by atoms with Crippen LogP contribution in [-0.4, -0.2) is 40.5 Å². The zero-order valence-electron chi connectivity index (χ0n) is 12.8. The normalized spacial score (nSPS) is 12.8. The van der Waals surface area contributed by atoms with E-state index in [2.05, 4.69) is 11.3 Å². The Morgan fingerprint density at radius 3 is 2.48 bits per heavy atom. The highest BCUT2D eigenvalue weighted by Crippen LogP contribution is 2.18. The maximum absolute atomic E-state index is 12.2. The molecule has 0 aromatic heterocycles. The lowest BCUT2D eigenvalue weighted by Crippen LogP contribution is -2.34. The van der Waals surface area contributed by atoms with E-state index in [9.17, 15) is 24.6 Å². The number of aromatic carboxylic acids is 1. The molecule has 0 bridgehead atoms. The number of benzene rings is 1. The number of aryl methyl sites for hydroxylation is 1. The number of rotatable bonds is 7. The molecule has 124 valence electrons. The van der Waals surface area contributed by atoms with Crippen molar-refractivity contribution in [3.8, 4) is 0 Å². The number of hydrogen-bond donors (Lipinski definition) is 2. The minimum atomic E-state index is -1.67. The lowest BCUT2D eigenvalue weighted by atomic mass is 10.0. The third-order valence-electron chi connectivity index (χ3n) is 3.09. The third kappa shape index (κ3) is 4.65. The van der Waals surface area contributed by atoms with E-state index in [4.69, 9.17) is 4.74 Å². The topological polar surface area (TPSA) is 110 Å². The third-order valence-corrected chi connectivity index (χ3v) is 3.09. The average Bonchev–Trinajstić information content (AvgIpc) is 2.51. The highest BCUT2D eigenvalue weighted by molar-refractivity contribution is 6.03. The molecule has 0 fully saturated rings. The lowest BCUT2D eigenvalue weighted by molar-refractivity contribution is -0.181. The predicted octanol–water partition coefficient (Wildman–Crippen LogP) is 1.68. The van der Waals surface area contributed by atoms with E-state index in [0.29, 0.717) is 5.56 Å². The van der Waals surface area contributed by atoms with Gasteiger partial charge in [0.1, 0.15) is 0 Å². The van der Waals surface area contributed by atoms with Crippen LogP contribution in [0.4, 0.5) is 0 Å². The molecule has 2 unspecified atom stereocenters. The Morgan fingerprint density at radius 2 is 1.96 bits per heavy atom. The van der Waals surface area contributed by atoms with E-state index >= 15 is 0 Å². The fraction of sp³-hybridized carbons (Fsp3) is 0.312. The van der Waals surface area contributed by atoms with E-state index in [1.54, 1.807) is 19.9 Å². The fourth-order valence-corrected chi connectivity index (χ4v) is 1.91. The summed E-state index contributed by atoms with van der Waals surface area (Å²) in [4.78, 5) is 34.5. The van der Waals surface area contributed by atoms with Gasteiger partial charge in [-0.2, -0.15) is 0 Å². The summed E-state index contributed by atoms with van der Waals surface area (Å²) in [5.74, 6) is -3.05. The zero-order chi connectivity index (χ0) is 17.6. The van der Waals surface area contributed by atoms with Crippen LogP contribution in [0.3, 0.4) is 0 Å². The number of hydrogen-bond acceptors (Lipinski definition) is 6. The van der Waals surface area contributed by atoms with Crippen LogP contribution >= 0.6 is 0 Å². The molecule has 0 saturated carbocycles. The summed E-state index contributed by atoms with van der Waals surface area (Å²) in [6, 6.07) is 4.39. The molecule has 0 saturated heterocycles. The Labute approximate surface area is 133 Å². The van der Waals surface area contributed by atoms with Crippen molar-refractivity contribution in [1.82, 2.24) is 0 Å². The van der Waals surface area contributed by atoms with Gasteiger partial charge in [0.05, 0.1) is 11.1 Å². The summed E-state index contributed by atoms with van der Waals surface area (Å²) in [6.45, 7) is 6.35. The molecule has 1 aromatic carbocycles.